The highest BCUT2D eigenvalue weighted by molar-refractivity contribution is 5.91. The average molecular weight is 427 g/mol. The minimum atomic E-state index is -0.743. The molecule has 0 aliphatic rings. The van der Waals surface area contributed by atoms with Crippen LogP contribution in [-0.4, -0.2) is 56.5 Å². The van der Waals surface area contributed by atoms with Gasteiger partial charge in [0, 0.05) is 6.08 Å². The third kappa shape index (κ3) is 29.2. The first-order chi connectivity index (χ1) is 14.3. The summed E-state index contributed by atoms with van der Waals surface area (Å²) >= 11 is 0. The number of hydrogen-bond acceptors (Lipinski definition) is 10. The van der Waals surface area contributed by atoms with Crippen molar-refractivity contribution in [1.82, 2.24) is 0 Å². The Labute approximate surface area is 175 Å². The molecule has 0 aliphatic heterocycles. The van der Waals surface area contributed by atoms with E-state index in [1.807, 2.05) is 0 Å². The number of aliphatic imine (C=N–C) groups is 2. The number of isocyanates is 2. The van der Waals surface area contributed by atoms with Crippen LogP contribution in [-0.2, 0) is 33.4 Å². The van der Waals surface area contributed by atoms with Crippen LogP contribution in [0.2, 0.25) is 0 Å². The van der Waals surface area contributed by atoms with E-state index in [1.54, 1.807) is 13.8 Å². The van der Waals surface area contributed by atoms with Crippen LogP contribution in [0.1, 0.15) is 39.5 Å². The summed E-state index contributed by atoms with van der Waals surface area (Å²) in [6.45, 7) is 11.4. The zero-order valence-electron chi connectivity index (χ0n) is 17.4. The van der Waals surface area contributed by atoms with Crippen molar-refractivity contribution < 1.29 is 38.2 Å². The predicted molar refractivity (Wildman–Crippen MR) is 108 cm³/mol. The number of nitrogens with zero attached hydrogens (tertiary/aromatic N) is 2. The van der Waals surface area contributed by atoms with Crippen LogP contribution in [0.15, 0.2) is 35.0 Å². The maximum atomic E-state index is 10.8. The highest BCUT2D eigenvalue weighted by Gasteiger charge is 2.11. The Balaban J connectivity index is -0.000000386. The highest BCUT2D eigenvalue weighted by Crippen LogP contribution is 1.99. The first-order valence-electron chi connectivity index (χ1n) is 9.00. The van der Waals surface area contributed by atoms with E-state index in [1.165, 1.54) is 12.2 Å². The number of hydrogen-bond donors (Lipinski definition) is 1. The van der Waals surface area contributed by atoms with Crippen LogP contribution >= 0.6 is 0 Å². The molecule has 0 heterocycles. The molecule has 30 heavy (non-hydrogen) atoms. The minimum Gasteiger partial charge on any atom is -0.460 e. The average Bonchev–Trinajstić information content (AvgIpc) is 2.71. The Morgan fingerprint density at radius 2 is 1.40 bits per heavy atom. The summed E-state index contributed by atoms with van der Waals surface area (Å²) in [5.74, 6) is -1.80. The normalized spacial score (nSPS) is 8.20. The minimum absolute atomic E-state index is 0.212. The van der Waals surface area contributed by atoms with Crippen LogP contribution in [0.25, 0.3) is 0 Å². The topological polar surface area (TPSA) is 164 Å². The van der Waals surface area contributed by atoms with Gasteiger partial charge in [-0.15, -0.1) is 0 Å². The zero-order valence-corrected chi connectivity index (χ0v) is 17.4. The molecule has 0 spiro atoms. The fourth-order valence-electron chi connectivity index (χ4n) is 1.39. The lowest BCUT2D eigenvalue weighted by molar-refractivity contribution is -0.148. The fraction of sp³-hybridized carbons (Fsp3) is 0.526. The van der Waals surface area contributed by atoms with Crippen molar-refractivity contribution >= 4 is 30.2 Å². The molecule has 0 aromatic heterocycles. The number of ether oxygens (including phenoxy) is 3. The number of nitrogens with two attached hydrogens (primary N) is 1. The second kappa shape index (κ2) is 25.4. The molecule has 0 aromatic carbocycles. The van der Waals surface area contributed by atoms with Crippen LogP contribution < -0.4 is 5.73 Å². The number of esters is 2. The van der Waals surface area contributed by atoms with Crippen LogP contribution in [0.5, 0.6) is 0 Å². The van der Waals surface area contributed by atoms with Crippen LogP contribution in [0.4, 0.5) is 4.79 Å². The van der Waals surface area contributed by atoms with Gasteiger partial charge in [-0.2, -0.15) is 0 Å². The van der Waals surface area contributed by atoms with Gasteiger partial charge in [-0.25, -0.2) is 34.0 Å². The molecule has 11 heteroatoms. The summed E-state index contributed by atoms with van der Waals surface area (Å²) in [6.07, 6.45) is 7.02. The third-order valence-corrected chi connectivity index (χ3v) is 2.60. The van der Waals surface area contributed by atoms with Crippen molar-refractivity contribution in [3.8, 4) is 0 Å². The highest BCUT2D eigenvalue weighted by atomic mass is 16.6. The number of rotatable bonds is 12. The molecule has 0 radical (unpaired) electrons. The molecule has 0 rings (SSSR count). The Morgan fingerprint density at radius 3 is 1.70 bits per heavy atom. The van der Waals surface area contributed by atoms with Gasteiger partial charge in [0.2, 0.25) is 17.9 Å². The van der Waals surface area contributed by atoms with Gasteiger partial charge in [0.1, 0.15) is 0 Å². The van der Waals surface area contributed by atoms with Gasteiger partial charge < -0.3 is 19.9 Å². The van der Waals surface area contributed by atoms with Crippen LogP contribution in [0.3, 0.4) is 0 Å². The predicted octanol–water partition coefficient (Wildman–Crippen LogP) is 2.11. The van der Waals surface area contributed by atoms with E-state index in [0.717, 1.165) is 31.8 Å². The molecule has 0 aromatic rings. The van der Waals surface area contributed by atoms with E-state index in [9.17, 15) is 24.0 Å². The maximum Gasteiger partial charge on any atom is 0.404 e. The quantitative estimate of drug-likeness (QED) is 0.0941. The van der Waals surface area contributed by atoms with E-state index in [0.29, 0.717) is 19.7 Å². The van der Waals surface area contributed by atoms with Crippen molar-refractivity contribution in [2.45, 2.75) is 39.5 Å². The SMILES string of the molecule is C=CC(=O)OC(=C)C(=O)OCC.CCOC(N)=O.O=C=NCCCCCCN=C=O. The molecular formula is C19H29N3O8. The summed E-state index contributed by atoms with van der Waals surface area (Å²) in [6, 6.07) is 0. The Kier molecular flexibility index (Phi) is 26.4. The van der Waals surface area contributed by atoms with Gasteiger partial charge in [0.15, 0.2) is 0 Å². The summed E-state index contributed by atoms with van der Waals surface area (Å²) in [7, 11) is 0. The van der Waals surface area contributed by atoms with E-state index in [-0.39, 0.29) is 12.4 Å². The van der Waals surface area contributed by atoms with E-state index >= 15 is 0 Å². The molecule has 0 atom stereocenters. The standard InChI is InChI=1S/C8H12N2O2.C8H10O4.C3H7NO2/c11-7-9-5-3-1-2-4-6-10-8-12;1-4-7(9)12-6(3)8(10)11-5-2;1-2-6-3(4)5/h1-6H2;4H,1,3,5H2,2H3;2H2,1H3,(H2,4,5). The Morgan fingerprint density at radius 1 is 0.933 bits per heavy atom. The lowest BCUT2D eigenvalue weighted by Gasteiger charge is -2.03. The molecule has 1 amide bonds. The monoisotopic (exact) mass is 427 g/mol. The van der Waals surface area contributed by atoms with Crippen LogP contribution in [0, 0.1) is 0 Å². The van der Waals surface area contributed by atoms with Gasteiger partial charge >= 0.3 is 18.0 Å². The van der Waals surface area contributed by atoms with Crippen molar-refractivity contribution in [1.29, 1.82) is 0 Å². The molecule has 0 saturated heterocycles. The van der Waals surface area contributed by atoms with Crippen molar-refractivity contribution in [3.05, 3.63) is 25.0 Å². The van der Waals surface area contributed by atoms with Crippen molar-refractivity contribution in [2.24, 2.45) is 15.7 Å². The fourth-order valence-corrected chi connectivity index (χ4v) is 1.39. The molecule has 0 saturated carbocycles. The van der Waals surface area contributed by atoms with E-state index < -0.39 is 18.0 Å². The lowest BCUT2D eigenvalue weighted by Crippen LogP contribution is -2.12. The smallest absolute Gasteiger partial charge is 0.404 e. The summed E-state index contributed by atoms with van der Waals surface area (Å²) < 4.78 is 13.1. The van der Waals surface area contributed by atoms with Gasteiger partial charge in [-0.3, -0.25) is 0 Å². The number of carbonyl (C=O) groups excluding carboxylic acids is 5. The first-order valence-corrected chi connectivity index (χ1v) is 9.00. The Hall–Kier alpha value is -3.55. The van der Waals surface area contributed by atoms with E-state index in [2.05, 4.69) is 43.1 Å². The van der Waals surface area contributed by atoms with Crippen molar-refractivity contribution in [3.63, 3.8) is 0 Å². The van der Waals surface area contributed by atoms with Gasteiger partial charge in [0.05, 0.1) is 26.3 Å². The van der Waals surface area contributed by atoms with Crippen molar-refractivity contribution in [2.75, 3.05) is 26.3 Å². The second-order valence-corrected chi connectivity index (χ2v) is 4.88. The Bertz CT molecular complexity index is 599. The third-order valence-electron chi connectivity index (χ3n) is 2.60. The largest absolute Gasteiger partial charge is 0.460 e. The molecule has 0 unspecified atom stereocenters. The van der Waals surface area contributed by atoms with Gasteiger partial charge in [-0.05, 0) is 33.3 Å². The maximum absolute atomic E-state index is 10.8. The van der Waals surface area contributed by atoms with E-state index in [4.69, 9.17) is 0 Å². The summed E-state index contributed by atoms with van der Waals surface area (Å²) in [5.41, 5.74) is 4.54. The molecule has 2 N–H and O–H groups in total. The molecule has 0 aliphatic carbocycles. The van der Waals surface area contributed by atoms with Gasteiger partial charge in [-0.1, -0.05) is 19.4 Å². The summed E-state index contributed by atoms with van der Waals surface area (Å²) in [4.78, 5) is 57.0. The first kappa shape index (κ1) is 31.2. The number of primary amides is 1. The lowest BCUT2D eigenvalue weighted by atomic mass is 10.2. The molecular weight excluding hydrogens is 398 g/mol. The summed E-state index contributed by atoms with van der Waals surface area (Å²) in [5, 5.41) is 0. The number of amides is 1. The zero-order chi connectivity index (χ0) is 23.6. The number of unbranched alkanes of at least 4 members (excludes halogenated alkanes) is 3. The van der Waals surface area contributed by atoms with Gasteiger partial charge in [0.25, 0.3) is 0 Å². The second-order valence-electron chi connectivity index (χ2n) is 4.88. The molecule has 0 fully saturated rings. The molecule has 11 nitrogen and oxygen atoms in total. The molecule has 0 bridgehead atoms. The molecule has 168 valence electrons. The number of carbonyl (C=O) groups is 3.